The molecule has 0 radical (unpaired) electrons. The number of pyridine rings is 1. The molecule has 5 nitrogen and oxygen atoms in total. The number of nitrogens with two attached hydrogens (primary N) is 1. The molecule has 23 heavy (non-hydrogen) atoms. The van der Waals surface area contributed by atoms with Crippen molar-refractivity contribution in [2.45, 2.75) is 25.8 Å². The maximum atomic E-state index is 11.6. The summed E-state index contributed by atoms with van der Waals surface area (Å²) in [6.07, 6.45) is 4.95. The van der Waals surface area contributed by atoms with Gasteiger partial charge in [-0.3, -0.25) is 9.69 Å². The molecule has 2 aromatic rings. The van der Waals surface area contributed by atoms with Crippen molar-refractivity contribution in [1.82, 2.24) is 14.3 Å². The standard InChI is InChI=1S/C17H21ClN4O/c1-17(2,16-20-7-13-12(18)4-3-5-22(13)16)21-8-10-6-11(9-21)14(10)15(19)23/h3-5,7,10-11,14H,6,8-9H2,1-2H3,(H2,19,23). The second kappa shape index (κ2) is 4.95. The molecular formula is C17H21ClN4O. The fourth-order valence-corrected chi connectivity index (χ4v) is 4.60. The number of hydrogen-bond donors (Lipinski definition) is 1. The molecule has 2 unspecified atom stereocenters. The molecule has 5 rings (SSSR count). The molecule has 6 heteroatoms. The number of primary amides is 1. The van der Waals surface area contributed by atoms with Crippen molar-refractivity contribution < 1.29 is 4.79 Å². The number of halogens is 1. The topological polar surface area (TPSA) is 63.6 Å². The third kappa shape index (κ3) is 2.10. The predicted molar refractivity (Wildman–Crippen MR) is 89.1 cm³/mol. The summed E-state index contributed by atoms with van der Waals surface area (Å²) in [6, 6.07) is 3.82. The minimum absolute atomic E-state index is 0.0634. The number of hydrogen-bond acceptors (Lipinski definition) is 3. The molecule has 1 aliphatic carbocycles. The summed E-state index contributed by atoms with van der Waals surface area (Å²) < 4.78 is 2.06. The van der Waals surface area contributed by atoms with Crippen LogP contribution in [0.3, 0.4) is 0 Å². The molecule has 2 atom stereocenters. The van der Waals surface area contributed by atoms with Gasteiger partial charge in [-0.2, -0.15) is 0 Å². The first-order valence-electron chi connectivity index (χ1n) is 8.06. The molecule has 3 fully saturated rings. The highest BCUT2D eigenvalue weighted by Gasteiger charge is 2.52. The van der Waals surface area contributed by atoms with Crippen molar-refractivity contribution in [2.75, 3.05) is 13.1 Å². The minimum atomic E-state index is -0.226. The Morgan fingerprint density at radius 3 is 2.74 bits per heavy atom. The maximum absolute atomic E-state index is 11.6. The van der Waals surface area contributed by atoms with Gasteiger partial charge in [0.1, 0.15) is 5.82 Å². The van der Waals surface area contributed by atoms with E-state index >= 15 is 0 Å². The molecule has 3 aliphatic rings. The van der Waals surface area contributed by atoms with Crippen LogP contribution in [0.5, 0.6) is 0 Å². The Labute approximate surface area is 140 Å². The Bertz CT molecular complexity index is 772. The van der Waals surface area contributed by atoms with Crippen molar-refractivity contribution in [1.29, 1.82) is 0 Å². The van der Waals surface area contributed by atoms with Gasteiger partial charge in [0, 0.05) is 25.2 Å². The van der Waals surface area contributed by atoms with E-state index in [1.165, 1.54) is 0 Å². The van der Waals surface area contributed by atoms with Crippen LogP contribution in [0, 0.1) is 17.8 Å². The van der Waals surface area contributed by atoms with Gasteiger partial charge in [-0.1, -0.05) is 11.6 Å². The first-order valence-corrected chi connectivity index (χ1v) is 8.44. The molecule has 2 saturated heterocycles. The van der Waals surface area contributed by atoms with Crippen LogP contribution in [-0.4, -0.2) is 33.3 Å². The summed E-state index contributed by atoms with van der Waals surface area (Å²) >= 11 is 6.26. The highest BCUT2D eigenvalue weighted by atomic mass is 35.5. The van der Waals surface area contributed by atoms with Gasteiger partial charge >= 0.3 is 0 Å². The molecule has 2 aromatic heterocycles. The van der Waals surface area contributed by atoms with Crippen molar-refractivity contribution in [2.24, 2.45) is 23.5 Å². The minimum Gasteiger partial charge on any atom is -0.369 e. The molecule has 4 heterocycles. The molecule has 2 aliphatic heterocycles. The van der Waals surface area contributed by atoms with Gasteiger partial charge in [0.25, 0.3) is 0 Å². The molecule has 122 valence electrons. The zero-order valence-corrected chi connectivity index (χ0v) is 14.1. The number of rotatable bonds is 3. The summed E-state index contributed by atoms with van der Waals surface area (Å²) in [6.45, 7) is 6.17. The maximum Gasteiger partial charge on any atom is 0.221 e. The normalized spacial score (nSPS) is 27.9. The first-order chi connectivity index (χ1) is 10.9. The highest BCUT2D eigenvalue weighted by molar-refractivity contribution is 6.33. The Morgan fingerprint density at radius 2 is 2.09 bits per heavy atom. The highest BCUT2D eigenvalue weighted by Crippen LogP contribution is 2.48. The van der Waals surface area contributed by atoms with Gasteiger partial charge in [-0.15, -0.1) is 0 Å². The third-order valence-electron chi connectivity index (χ3n) is 5.72. The molecule has 2 bridgehead atoms. The van der Waals surface area contributed by atoms with E-state index in [9.17, 15) is 4.79 Å². The quantitative estimate of drug-likeness (QED) is 0.937. The van der Waals surface area contributed by atoms with Crippen LogP contribution >= 0.6 is 11.6 Å². The molecule has 1 amide bonds. The second-order valence-electron chi connectivity index (χ2n) is 7.34. The van der Waals surface area contributed by atoms with Crippen LogP contribution in [0.1, 0.15) is 26.1 Å². The lowest BCUT2D eigenvalue weighted by Gasteiger charge is -2.56. The second-order valence-corrected chi connectivity index (χ2v) is 7.75. The fourth-order valence-electron chi connectivity index (χ4n) is 4.39. The number of nitrogens with zero attached hydrogens (tertiary/aromatic N) is 3. The van der Waals surface area contributed by atoms with E-state index in [4.69, 9.17) is 17.3 Å². The van der Waals surface area contributed by atoms with Gasteiger partial charge in [0.05, 0.1) is 22.3 Å². The van der Waals surface area contributed by atoms with E-state index in [2.05, 4.69) is 28.1 Å². The van der Waals surface area contributed by atoms with Crippen molar-refractivity contribution >= 4 is 23.0 Å². The third-order valence-corrected chi connectivity index (χ3v) is 6.04. The van der Waals surface area contributed by atoms with E-state index in [-0.39, 0.29) is 17.4 Å². The van der Waals surface area contributed by atoms with Crippen LogP contribution in [0.15, 0.2) is 24.5 Å². The van der Waals surface area contributed by atoms with E-state index in [0.29, 0.717) is 16.9 Å². The summed E-state index contributed by atoms with van der Waals surface area (Å²) in [5, 5.41) is 0.706. The monoisotopic (exact) mass is 332 g/mol. The average molecular weight is 333 g/mol. The van der Waals surface area contributed by atoms with E-state index in [0.717, 1.165) is 30.9 Å². The molecular weight excluding hydrogens is 312 g/mol. The van der Waals surface area contributed by atoms with Crippen LogP contribution in [0.25, 0.3) is 5.52 Å². The predicted octanol–water partition coefficient (Wildman–Crippen LogP) is 2.28. The largest absolute Gasteiger partial charge is 0.369 e. The summed E-state index contributed by atoms with van der Waals surface area (Å²) in [7, 11) is 0. The van der Waals surface area contributed by atoms with Crippen molar-refractivity contribution in [3.05, 3.63) is 35.4 Å². The lowest BCUT2D eigenvalue weighted by atomic mass is 9.60. The van der Waals surface area contributed by atoms with Gasteiger partial charge < -0.3 is 10.1 Å². The zero-order chi connectivity index (χ0) is 16.4. The SMILES string of the molecule is CC(C)(c1ncc2c(Cl)cccn12)N1CC2CC(C1)C2C(N)=O. The number of carbonyl (C=O) groups excluding carboxylic acids is 1. The van der Waals surface area contributed by atoms with Gasteiger partial charge in [-0.05, 0) is 44.2 Å². The lowest BCUT2D eigenvalue weighted by molar-refractivity contribution is -0.143. The van der Waals surface area contributed by atoms with Crippen LogP contribution < -0.4 is 5.73 Å². The first kappa shape index (κ1) is 15.0. The van der Waals surface area contributed by atoms with Crippen LogP contribution in [0.2, 0.25) is 5.02 Å². The lowest BCUT2D eigenvalue weighted by Crippen LogP contribution is -2.62. The summed E-state index contributed by atoms with van der Waals surface area (Å²) in [5.41, 5.74) is 6.24. The van der Waals surface area contributed by atoms with Crippen LogP contribution in [-0.2, 0) is 10.3 Å². The average Bonchev–Trinajstić information content (AvgIpc) is 2.92. The van der Waals surface area contributed by atoms with E-state index in [1.54, 1.807) is 0 Å². The van der Waals surface area contributed by atoms with Crippen molar-refractivity contribution in [3.8, 4) is 0 Å². The van der Waals surface area contributed by atoms with Gasteiger partial charge in [0.2, 0.25) is 5.91 Å². The Morgan fingerprint density at radius 1 is 1.39 bits per heavy atom. The zero-order valence-electron chi connectivity index (χ0n) is 13.4. The Hall–Kier alpha value is -1.59. The number of amides is 1. The summed E-state index contributed by atoms with van der Waals surface area (Å²) in [5.74, 6) is 1.68. The molecule has 0 spiro atoms. The Balaban J connectivity index is 1.66. The van der Waals surface area contributed by atoms with Crippen LogP contribution in [0.4, 0.5) is 0 Å². The van der Waals surface area contributed by atoms with Crippen molar-refractivity contribution in [3.63, 3.8) is 0 Å². The molecule has 0 aromatic carbocycles. The smallest absolute Gasteiger partial charge is 0.221 e. The molecule has 1 saturated carbocycles. The summed E-state index contributed by atoms with van der Waals surface area (Å²) in [4.78, 5) is 18.6. The van der Waals surface area contributed by atoms with E-state index < -0.39 is 0 Å². The van der Waals surface area contributed by atoms with E-state index in [1.807, 2.05) is 24.5 Å². The van der Waals surface area contributed by atoms with Gasteiger partial charge in [-0.25, -0.2) is 4.98 Å². The molecule has 2 N–H and O–H groups in total. The number of carbonyl (C=O) groups is 1. The number of aromatic nitrogens is 2. The van der Waals surface area contributed by atoms with Gasteiger partial charge in [0.15, 0.2) is 0 Å². The Kier molecular flexibility index (Phi) is 3.22. The number of piperidine rings is 2. The number of imidazole rings is 1. The number of fused-ring (bicyclic) bond motifs is 3. The fraction of sp³-hybridized carbons (Fsp3) is 0.529.